The SMILES string of the molecule is Cc1nn(Cc2ccccc2F)c(C)c1NC(=S)N(Cc1ccccc1)Cc1ccccc1. The zero-order valence-electron chi connectivity index (χ0n) is 18.8. The fourth-order valence-corrected chi connectivity index (χ4v) is 4.04. The molecule has 0 unspecified atom stereocenters. The van der Waals surface area contributed by atoms with E-state index in [0.29, 0.717) is 30.3 Å². The molecule has 0 fully saturated rings. The van der Waals surface area contributed by atoms with Crippen LogP contribution in [-0.2, 0) is 19.6 Å². The number of benzene rings is 3. The molecule has 0 saturated carbocycles. The van der Waals surface area contributed by atoms with Gasteiger partial charge in [-0.1, -0.05) is 78.9 Å². The number of hydrogen-bond acceptors (Lipinski definition) is 2. The molecule has 0 bridgehead atoms. The highest BCUT2D eigenvalue weighted by atomic mass is 32.1. The van der Waals surface area contributed by atoms with Gasteiger partial charge in [-0.15, -0.1) is 0 Å². The maximum absolute atomic E-state index is 14.2. The van der Waals surface area contributed by atoms with Gasteiger partial charge in [0.15, 0.2) is 5.11 Å². The molecule has 6 heteroatoms. The lowest BCUT2D eigenvalue weighted by atomic mass is 10.2. The van der Waals surface area contributed by atoms with Crippen LogP contribution in [0.4, 0.5) is 10.1 Å². The van der Waals surface area contributed by atoms with Crippen molar-refractivity contribution < 1.29 is 4.39 Å². The van der Waals surface area contributed by atoms with E-state index < -0.39 is 0 Å². The van der Waals surface area contributed by atoms with E-state index in [1.807, 2.05) is 61.0 Å². The second-order valence-corrected chi connectivity index (χ2v) is 8.44. The normalized spacial score (nSPS) is 10.8. The largest absolute Gasteiger partial charge is 0.340 e. The number of aryl methyl sites for hydroxylation is 1. The first kappa shape index (κ1) is 22.7. The molecule has 1 heterocycles. The lowest BCUT2D eigenvalue weighted by Crippen LogP contribution is -2.34. The first-order valence-electron chi connectivity index (χ1n) is 10.9. The van der Waals surface area contributed by atoms with Crippen LogP contribution >= 0.6 is 12.2 Å². The third kappa shape index (κ3) is 5.65. The molecule has 0 saturated heterocycles. The van der Waals surface area contributed by atoms with Crippen LogP contribution in [0.15, 0.2) is 84.9 Å². The number of aromatic nitrogens is 2. The van der Waals surface area contributed by atoms with Crippen molar-refractivity contribution in [2.24, 2.45) is 0 Å². The molecule has 168 valence electrons. The maximum atomic E-state index is 14.2. The summed E-state index contributed by atoms with van der Waals surface area (Å²) in [6.07, 6.45) is 0. The summed E-state index contributed by atoms with van der Waals surface area (Å²) in [5.41, 5.74) is 5.57. The molecule has 4 aromatic rings. The Labute approximate surface area is 199 Å². The minimum Gasteiger partial charge on any atom is -0.340 e. The molecule has 4 nitrogen and oxygen atoms in total. The van der Waals surface area contributed by atoms with E-state index in [2.05, 4.69) is 39.6 Å². The molecule has 0 radical (unpaired) electrons. The summed E-state index contributed by atoms with van der Waals surface area (Å²) in [5, 5.41) is 8.68. The Balaban J connectivity index is 1.56. The highest BCUT2D eigenvalue weighted by Gasteiger charge is 2.18. The molecular weight excluding hydrogens is 431 g/mol. The molecule has 1 aromatic heterocycles. The molecule has 3 aromatic carbocycles. The minimum absolute atomic E-state index is 0.230. The summed E-state index contributed by atoms with van der Waals surface area (Å²) >= 11 is 5.85. The zero-order valence-corrected chi connectivity index (χ0v) is 19.6. The number of halogens is 1. The van der Waals surface area contributed by atoms with Crippen molar-refractivity contribution in [2.75, 3.05) is 5.32 Å². The third-order valence-electron chi connectivity index (χ3n) is 5.61. The van der Waals surface area contributed by atoms with Crippen LogP contribution in [-0.4, -0.2) is 19.8 Å². The molecule has 1 N–H and O–H groups in total. The first-order valence-corrected chi connectivity index (χ1v) is 11.3. The second kappa shape index (κ2) is 10.4. The van der Waals surface area contributed by atoms with Gasteiger partial charge in [-0.2, -0.15) is 5.10 Å². The van der Waals surface area contributed by atoms with Gasteiger partial charge in [0.1, 0.15) is 5.82 Å². The smallest absolute Gasteiger partial charge is 0.174 e. The predicted octanol–water partition coefficient (Wildman–Crippen LogP) is 6.09. The molecule has 0 amide bonds. The van der Waals surface area contributed by atoms with Crippen LogP contribution in [0, 0.1) is 19.7 Å². The number of hydrogen-bond donors (Lipinski definition) is 1. The van der Waals surface area contributed by atoms with Gasteiger partial charge in [-0.25, -0.2) is 4.39 Å². The van der Waals surface area contributed by atoms with Crippen molar-refractivity contribution in [3.63, 3.8) is 0 Å². The van der Waals surface area contributed by atoms with Gasteiger partial charge in [-0.05, 0) is 43.3 Å². The Hall–Kier alpha value is -3.51. The van der Waals surface area contributed by atoms with E-state index in [0.717, 1.165) is 17.1 Å². The standard InChI is InChI=1S/C27H27FN4S/c1-20-26(21(2)32(30-20)19-24-15-9-10-16-25(24)28)29-27(33)31(17-22-11-5-3-6-12-22)18-23-13-7-4-8-14-23/h3-16H,17-19H2,1-2H3,(H,29,33). The van der Waals surface area contributed by atoms with Crippen LogP contribution in [0.2, 0.25) is 0 Å². The van der Waals surface area contributed by atoms with Gasteiger partial charge in [0.25, 0.3) is 0 Å². The van der Waals surface area contributed by atoms with E-state index in [1.54, 1.807) is 12.1 Å². The molecule has 33 heavy (non-hydrogen) atoms. The highest BCUT2D eigenvalue weighted by Crippen LogP contribution is 2.22. The Morgan fingerprint density at radius 3 is 2.00 bits per heavy atom. The van der Waals surface area contributed by atoms with Crippen LogP contribution in [0.25, 0.3) is 0 Å². The van der Waals surface area contributed by atoms with Gasteiger partial charge in [0.2, 0.25) is 0 Å². The number of anilines is 1. The van der Waals surface area contributed by atoms with Crippen LogP contribution in [0.3, 0.4) is 0 Å². The monoisotopic (exact) mass is 458 g/mol. The quantitative estimate of drug-likeness (QED) is 0.340. The molecule has 0 aliphatic rings. The van der Waals surface area contributed by atoms with Crippen molar-refractivity contribution in [3.8, 4) is 0 Å². The molecule has 0 aliphatic heterocycles. The lowest BCUT2D eigenvalue weighted by Gasteiger charge is -2.26. The first-order chi connectivity index (χ1) is 16.0. The average molecular weight is 459 g/mol. The van der Waals surface area contributed by atoms with Gasteiger partial charge < -0.3 is 10.2 Å². The van der Waals surface area contributed by atoms with Crippen LogP contribution < -0.4 is 5.32 Å². The fourth-order valence-electron chi connectivity index (χ4n) is 3.81. The minimum atomic E-state index is -0.230. The fraction of sp³-hybridized carbons (Fsp3) is 0.185. The van der Waals surface area contributed by atoms with Gasteiger partial charge in [0.05, 0.1) is 23.6 Å². The summed E-state index contributed by atoms with van der Waals surface area (Å²) in [4.78, 5) is 2.15. The van der Waals surface area contributed by atoms with E-state index >= 15 is 0 Å². The molecule has 0 spiro atoms. The number of thiocarbonyl (C=S) groups is 1. The Bertz CT molecular complexity index is 1180. The topological polar surface area (TPSA) is 33.1 Å². The van der Waals surface area contributed by atoms with E-state index in [9.17, 15) is 4.39 Å². The zero-order chi connectivity index (χ0) is 23.2. The molecule has 0 atom stereocenters. The average Bonchev–Trinajstić information content (AvgIpc) is 3.09. The van der Waals surface area contributed by atoms with Gasteiger partial charge in [-0.3, -0.25) is 4.68 Å². The predicted molar refractivity (Wildman–Crippen MR) is 136 cm³/mol. The van der Waals surface area contributed by atoms with Crippen molar-refractivity contribution in [3.05, 3.63) is 119 Å². The highest BCUT2D eigenvalue weighted by molar-refractivity contribution is 7.80. The summed E-state index contributed by atoms with van der Waals surface area (Å²) in [6.45, 7) is 5.65. The van der Waals surface area contributed by atoms with Crippen molar-refractivity contribution in [1.82, 2.24) is 14.7 Å². The summed E-state index contributed by atoms with van der Waals surface area (Å²) in [7, 11) is 0. The van der Waals surface area contributed by atoms with Gasteiger partial charge >= 0.3 is 0 Å². The molecule has 0 aliphatic carbocycles. The summed E-state index contributed by atoms with van der Waals surface area (Å²) < 4.78 is 16.0. The van der Waals surface area contributed by atoms with Crippen LogP contribution in [0.5, 0.6) is 0 Å². The Morgan fingerprint density at radius 2 is 1.42 bits per heavy atom. The van der Waals surface area contributed by atoms with Crippen molar-refractivity contribution in [1.29, 1.82) is 0 Å². The molecule has 4 rings (SSSR count). The number of rotatable bonds is 7. The number of nitrogens with zero attached hydrogens (tertiary/aromatic N) is 3. The van der Waals surface area contributed by atoms with Crippen molar-refractivity contribution >= 4 is 23.0 Å². The van der Waals surface area contributed by atoms with Crippen LogP contribution in [0.1, 0.15) is 28.1 Å². The Morgan fingerprint density at radius 1 is 0.879 bits per heavy atom. The van der Waals surface area contributed by atoms with Crippen molar-refractivity contribution in [2.45, 2.75) is 33.5 Å². The second-order valence-electron chi connectivity index (χ2n) is 8.05. The Kier molecular flexibility index (Phi) is 7.15. The van der Waals surface area contributed by atoms with E-state index in [4.69, 9.17) is 12.2 Å². The van der Waals surface area contributed by atoms with E-state index in [1.165, 1.54) is 17.2 Å². The third-order valence-corrected chi connectivity index (χ3v) is 5.97. The number of nitrogens with one attached hydrogen (secondary N) is 1. The summed E-state index contributed by atoms with van der Waals surface area (Å²) in [6, 6.07) is 27.4. The molecular formula is C27H27FN4S. The van der Waals surface area contributed by atoms with Gasteiger partial charge in [0, 0.05) is 18.7 Å². The summed E-state index contributed by atoms with van der Waals surface area (Å²) in [5.74, 6) is -0.230. The maximum Gasteiger partial charge on any atom is 0.174 e. The van der Waals surface area contributed by atoms with E-state index in [-0.39, 0.29) is 5.82 Å². The lowest BCUT2D eigenvalue weighted by molar-refractivity contribution is 0.413.